The average Bonchev–Trinajstić information content (AvgIpc) is 1.37. The van der Waals surface area contributed by atoms with Gasteiger partial charge >= 0.3 is 23.1 Å². The number of hydrogen-bond donors (Lipinski definition) is 0. The summed E-state index contributed by atoms with van der Waals surface area (Å²) in [6.45, 7) is 2.76. The van der Waals surface area contributed by atoms with Crippen molar-refractivity contribution in [3.63, 3.8) is 0 Å². The summed E-state index contributed by atoms with van der Waals surface area (Å²) in [5.41, 5.74) is 0. The smallest absolute Gasteiger partial charge is 1.00 e. The zero-order chi connectivity index (χ0) is 3.41. The van der Waals surface area contributed by atoms with E-state index >= 15 is 0 Å². The molecule has 0 unspecified atom stereocenters. The van der Waals surface area contributed by atoms with Gasteiger partial charge in [0.2, 0.25) is 0 Å². The third-order valence-electron chi connectivity index (χ3n) is 0.109. The molecule has 1 nitrogen and oxygen atoms in total. The maximum atomic E-state index is 4.51. The van der Waals surface area contributed by atoms with E-state index in [-0.39, 0.29) is 25.9 Å². The molecule has 0 heterocycles. The Morgan fingerprint density at radius 3 is 2.20 bits per heavy atom. The summed E-state index contributed by atoms with van der Waals surface area (Å²) < 4.78 is 4.51. The van der Waals surface area contributed by atoms with Gasteiger partial charge in [0.25, 0.3) is 0 Å². The maximum Gasteiger partial charge on any atom is 2.00 e. The molecule has 0 saturated heterocycles. The zero-order valence-corrected chi connectivity index (χ0v) is 6.77. The van der Waals surface area contributed by atoms with Gasteiger partial charge in [-0.25, -0.2) is 0 Å². The normalized spacial score (nSPS) is 6.00. The van der Waals surface area contributed by atoms with Crippen LogP contribution in [0.1, 0.15) is 9.78 Å². The van der Waals surface area contributed by atoms with E-state index in [4.69, 9.17) is 0 Å². The van der Waals surface area contributed by atoms with Crippen LogP contribution in [0, 0.1) is 0 Å². The minimum absolute atomic E-state index is 0. The van der Waals surface area contributed by atoms with Crippen LogP contribution >= 0.6 is 23.0 Å². The molecule has 0 atom stereocenters. The van der Waals surface area contributed by atoms with E-state index in [1.807, 2.05) is 29.9 Å². The Morgan fingerprint density at radius 2 is 2.20 bits per heavy atom. The number of halogens is 1. The van der Waals surface area contributed by atoms with Gasteiger partial charge in [0.05, 0.1) is 6.61 Å². The van der Waals surface area contributed by atoms with Crippen molar-refractivity contribution in [1.82, 2.24) is 0 Å². The van der Waals surface area contributed by atoms with E-state index in [1.54, 1.807) is 0 Å². The molecule has 3 heteroatoms. The Morgan fingerprint density at radius 1 is 2.00 bits per heavy atom. The van der Waals surface area contributed by atoms with Crippen molar-refractivity contribution in [1.29, 1.82) is 0 Å². The fourth-order valence-electron chi connectivity index (χ4n) is 0. The summed E-state index contributed by atoms with van der Waals surface area (Å²) in [6.07, 6.45) is 0. The summed E-state index contributed by atoms with van der Waals surface area (Å²) >= 11 is 1.85. The van der Waals surface area contributed by atoms with Crippen LogP contribution in [0.2, 0.25) is 0 Å². The van der Waals surface area contributed by atoms with Crippen LogP contribution in [0.15, 0.2) is 0 Å². The third kappa shape index (κ3) is 10.8. The number of hydrogen-bond acceptors (Lipinski definition) is 1. The molecule has 30 valence electrons. The van der Waals surface area contributed by atoms with Crippen LogP contribution in [0.4, 0.5) is 0 Å². The second-order valence-corrected chi connectivity index (χ2v) is 1.02. The molecule has 0 fully saturated rings. The van der Waals surface area contributed by atoms with E-state index < -0.39 is 0 Å². The van der Waals surface area contributed by atoms with Gasteiger partial charge in [0.1, 0.15) is 23.0 Å². The van der Waals surface area contributed by atoms with E-state index in [0.717, 1.165) is 6.61 Å². The Kier molecular flexibility index (Phi) is 17.6. The van der Waals surface area contributed by atoms with E-state index in [1.165, 1.54) is 0 Å². The van der Waals surface area contributed by atoms with Gasteiger partial charge in [-0.2, -0.15) is 0 Å². The van der Waals surface area contributed by atoms with Gasteiger partial charge in [-0.1, -0.05) is 0 Å². The SMILES string of the molecule is CCOI.[H-].[H-].[Mg+2]. The molecule has 0 spiro atoms. The molecule has 5 heavy (non-hydrogen) atoms. The molecule has 0 rings (SSSR count). The standard InChI is InChI=1S/C2H5IO.Mg.2H/c1-2-4-3;;;/h2H2,1H3;;;/q;+2;2*-1. The summed E-state index contributed by atoms with van der Waals surface area (Å²) in [4.78, 5) is 0. The number of rotatable bonds is 1. The fraction of sp³-hybridized carbons (Fsp3) is 1.00. The first-order valence-corrected chi connectivity index (χ1v) is 2.03. The minimum atomic E-state index is 0. The van der Waals surface area contributed by atoms with Crippen LogP contribution in [0.25, 0.3) is 0 Å². The van der Waals surface area contributed by atoms with Gasteiger partial charge in [-0.15, -0.1) is 0 Å². The molecule has 0 saturated carbocycles. The molecule has 0 aromatic carbocycles. The van der Waals surface area contributed by atoms with Crippen LogP contribution in [-0.2, 0) is 3.07 Å². The van der Waals surface area contributed by atoms with Crippen LogP contribution in [0.3, 0.4) is 0 Å². The van der Waals surface area contributed by atoms with E-state index in [0.29, 0.717) is 0 Å². The molecule has 0 bridgehead atoms. The van der Waals surface area contributed by atoms with Gasteiger partial charge in [-0.3, -0.25) is 0 Å². The van der Waals surface area contributed by atoms with Crippen LogP contribution < -0.4 is 0 Å². The van der Waals surface area contributed by atoms with Crippen molar-refractivity contribution < 1.29 is 5.92 Å². The quantitative estimate of drug-likeness (QED) is 0.455. The van der Waals surface area contributed by atoms with Crippen molar-refractivity contribution in [2.45, 2.75) is 6.92 Å². The Labute approximate surface area is 65.3 Å². The van der Waals surface area contributed by atoms with Gasteiger partial charge in [-0.05, 0) is 6.92 Å². The van der Waals surface area contributed by atoms with Gasteiger partial charge in [0.15, 0.2) is 0 Å². The first kappa shape index (κ1) is 9.68. The van der Waals surface area contributed by atoms with Crippen molar-refractivity contribution in [2.75, 3.05) is 6.61 Å². The summed E-state index contributed by atoms with van der Waals surface area (Å²) in [5, 5.41) is 0. The van der Waals surface area contributed by atoms with E-state index in [9.17, 15) is 0 Å². The summed E-state index contributed by atoms with van der Waals surface area (Å²) in [7, 11) is 0. The van der Waals surface area contributed by atoms with Crippen LogP contribution in [0.5, 0.6) is 0 Å². The molecule has 0 aliphatic carbocycles. The first-order valence-electron chi connectivity index (χ1n) is 1.15. The topological polar surface area (TPSA) is 9.23 Å². The molecule has 0 N–H and O–H groups in total. The predicted molar refractivity (Wildman–Crippen MR) is 33.6 cm³/mol. The Balaban J connectivity index is -0.0000000150. The second kappa shape index (κ2) is 9.07. The van der Waals surface area contributed by atoms with Gasteiger partial charge < -0.3 is 5.92 Å². The fourth-order valence-corrected chi connectivity index (χ4v) is 0. The minimum Gasteiger partial charge on any atom is -1.00 e. The maximum absolute atomic E-state index is 4.51. The summed E-state index contributed by atoms with van der Waals surface area (Å²) in [5.74, 6) is 0. The molecule has 0 aromatic rings. The zero-order valence-electron chi connectivity index (χ0n) is 5.20. The third-order valence-corrected chi connectivity index (χ3v) is 0.732. The Bertz CT molecular complexity index is 17.7. The molecule has 0 amide bonds. The molecule has 0 aliphatic heterocycles. The Hall–Kier alpha value is 1.46. The molecule has 0 radical (unpaired) electrons. The average molecular weight is 198 g/mol. The van der Waals surface area contributed by atoms with Crippen molar-refractivity contribution in [3.05, 3.63) is 0 Å². The molecule has 0 aromatic heterocycles. The monoisotopic (exact) mass is 198 g/mol. The second-order valence-electron chi connectivity index (χ2n) is 0.398. The van der Waals surface area contributed by atoms with Gasteiger partial charge in [0, 0.05) is 0 Å². The molecular weight excluding hydrogens is 191 g/mol. The van der Waals surface area contributed by atoms with Crippen molar-refractivity contribution in [2.24, 2.45) is 0 Å². The van der Waals surface area contributed by atoms with Crippen molar-refractivity contribution >= 4 is 46.1 Å². The van der Waals surface area contributed by atoms with E-state index in [2.05, 4.69) is 3.07 Å². The largest absolute Gasteiger partial charge is 2.00 e. The molecule has 0 aliphatic rings. The first-order chi connectivity index (χ1) is 1.91. The molecular formula is C2H7IMgO. The van der Waals surface area contributed by atoms with Crippen LogP contribution in [-0.4, -0.2) is 29.7 Å². The van der Waals surface area contributed by atoms with Crippen molar-refractivity contribution in [3.8, 4) is 0 Å². The summed E-state index contributed by atoms with van der Waals surface area (Å²) in [6, 6.07) is 0. The predicted octanol–water partition coefficient (Wildman–Crippen LogP) is 1.22.